The van der Waals surface area contributed by atoms with Crippen molar-refractivity contribution in [1.82, 2.24) is 10.2 Å². The molecule has 0 aromatic rings. The van der Waals surface area contributed by atoms with E-state index in [9.17, 15) is 0 Å². The Morgan fingerprint density at radius 3 is 2.32 bits per heavy atom. The molecule has 2 heteroatoms. The Morgan fingerprint density at radius 2 is 1.58 bits per heavy atom. The first-order valence-electron chi connectivity index (χ1n) is 8.79. The number of hydrogen-bond acceptors (Lipinski definition) is 2. The van der Waals surface area contributed by atoms with Gasteiger partial charge in [-0.3, -0.25) is 0 Å². The van der Waals surface area contributed by atoms with E-state index in [4.69, 9.17) is 0 Å². The van der Waals surface area contributed by atoms with Crippen LogP contribution in [-0.4, -0.2) is 36.6 Å². The summed E-state index contributed by atoms with van der Waals surface area (Å²) in [6.45, 7) is 1.29. The van der Waals surface area contributed by atoms with Crippen molar-refractivity contribution in [3.8, 4) is 0 Å². The summed E-state index contributed by atoms with van der Waals surface area (Å²) in [7, 11) is 2.37. The Bertz CT molecular complexity index is 256. The lowest BCUT2D eigenvalue weighted by atomic mass is 9.85. The van der Waals surface area contributed by atoms with Crippen LogP contribution in [0.15, 0.2) is 0 Å². The van der Waals surface area contributed by atoms with Crippen LogP contribution in [0.5, 0.6) is 0 Å². The van der Waals surface area contributed by atoms with E-state index in [2.05, 4.69) is 17.3 Å². The molecule has 0 bridgehead atoms. The van der Waals surface area contributed by atoms with Crippen LogP contribution in [0.2, 0.25) is 0 Å². The fourth-order valence-corrected chi connectivity index (χ4v) is 4.77. The summed E-state index contributed by atoms with van der Waals surface area (Å²) in [5, 5.41) is 3.94. The molecular formula is C17H32N2. The first kappa shape index (κ1) is 13.9. The normalized spacial score (nSPS) is 37.3. The summed E-state index contributed by atoms with van der Waals surface area (Å²) >= 11 is 0. The Kier molecular flexibility index (Phi) is 4.81. The highest BCUT2D eigenvalue weighted by atomic mass is 15.2. The molecule has 3 aliphatic rings. The third-order valence-corrected chi connectivity index (χ3v) is 5.90. The first-order chi connectivity index (χ1) is 9.33. The number of nitrogens with zero attached hydrogens (tertiary/aromatic N) is 1. The molecule has 2 aliphatic carbocycles. The zero-order valence-corrected chi connectivity index (χ0v) is 12.7. The van der Waals surface area contributed by atoms with Crippen LogP contribution in [0.3, 0.4) is 0 Å². The van der Waals surface area contributed by atoms with Gasteiger partial charge in [0, 0.05) is 24.7 Å². The number of fused-ring (bicyclic) bond motifs is 1. The van der Waals surface area contributed by atoms with Gasteiger partial charge in [0.1, 0.15) is 0 Å². The molecule has 110 valence electrons. The minimum atomic E-state index is 0.779. The van der Waals surface area contributed by atoms with E-state index in [1.165, 1.54) is 77.2 Å². The van der Waals surface area contributed by atoms with Gasteiger partial charge in [-0.2, -0.15) is 0 Å². The van der Waals surface area contributed by atoms with Crippen LogP contribution >= 0.6 is 0 Å². The average Bonchev–Trinajstić information content (AvgIpc) is 2.63. The molecule has 2 nitrogen and oxygen atoms in total. The lowest BCUT2D eigenvalue weighted by Gasteiger charge is -2.29. The minimum absolute atomic E-state index is 0.779. The minimum Gasteiger partial charge on any atom is -0.310 e. The number of hydrogen-bond donors (Lipinski definition) is 1. The highest BCUT2D eigenvalue weighted by Crippen LogP contribution is 2.33. The predicted octanol–water partition coefficient (Wildman–Crippen LogP) is 3.56. The summed E-state index contributed by atoms with van der Waals surface area (Å²) in [5.74, 6) is 1.00. The molecule has 0 aromatic carbocycles. The zero-order chi connectivity index (χ0) is 13.1. The number of rotatable bonds is 3. The maximum Gasteiger partial charge on any atom is 0.0200 e. The van der Waals surface area contributed by atoms with Gasteiger partial charge < -0.3 is 10.2 Å². The maximum absolute atomic E-state index is 3.94. The van der Waals surface area contributed by atoms with E-state index in [0.29, 0.717) is 0 Å². The van der Waals surface area contributed by atoms with Crippen molar-refractivity contribution < 1.29 is 0 Å². The summed E-state index contributed by atoms with van der Waals surface area (Å²) in [4.78, 5) is 2.68. The van der Waals surface area contributed by atoms with E-state index < -0.39 is 0 Å². The molecule has 0 spiro atoms. The van der Waals surface area contributed by atoms with Crippen LogP contribution in [-0.2, 0) is 0 Å². The summed E-state index contributed by atoms with van der Waals surface area (Å²) in [6, 6.07) is 2.51. The Morgan fingerprint density at radius 1 is 0.895 bits per heavy atom. The van der Waals surface area contributed by atoms with Gasteiger partial charge in [0.2, 0.25) is 0 Å². The van der Waals surface area contributed by atoms with Gasteiger partial charge in [0.15, 0.2) is 0 Å². The van der Waals surface area contributed by atoms with E-state index in [0.717, 1.165) is 24.0 Å². The summed E-state index contributed by atoms with van der Waals surface area (Å²) in [6.07, 6.45) is 16.0. The van der Waals surface area contributed by atoms with Crippen LogP contribution in [0.4, 0.5) is 0 Å². The Balaban J connectivity index is 1.48. The smallest absolute Gasteiger partial charge is 0.0200 e. The van der Waals surface area contributed by atoms with Gasteiger partial charge in [-0.05, 0) is 45.1 Å². The molecule has 1 N–H and O–H groups in total. The molecule has 0 aromatic heterocycles. The summed E-state index contributed by atoms with van der Waals surface area (Å²) < 4.78 is 0. The Labute approximate surface area is 119 Å². The molecule has 1 aliphatic heterocycles. The van der Waals surface area contributed by atoms with Crippen molar-refractivity contribution in [2.75, 3.05) is 13.6 Å². The molecule has 3 rings (SSSR count). The molecule has 3 atom stereocenters. The van der Waals surface area contributed by atoms with Crippen LogP contribution < -0.4 is 5.32 Å². The van der Waals surface area contributed by atoms with Gasteiger partial charge in [-0.1, -0.05) is 38.5 Å². The Hall–Kier alpha value is -0.0800. The fraction of sp³-hybridized carbons (Fsp3) is 1.00. The molecular weight excluding hydrogens is 232 g/mol. The molecule has 1 saturated heterocycles. The maximum atomic E-state index is 3.94. The second kappa shape index (κ2) is 6.58. The van der Waals surface area contributed by atoms with Crippen molar-refractivity contribution in [2.24, 2.45) is 5.92 Å². The zero-order valence-electron chi connectivity index (χ0n) is 12.7. The van der Waals surface area contributed by atoms with Gasteiger partial charge in [0.05, 0.1) is 0 Å². The van der Waals surface area contributed by atoms with Crippen LogP contribution in [0.25, 0.3) is 0 Å². The third-order valence-electron chi connectivity index (χ3n) is 5.90. The number of likely N-dealkylation sites (N-methyl/N-ethyl adjacent to an activating group) is 1. The molecule has 19 heavy (non-hydrogen) atoms. The average molecular weight is 264 g/mol. The highest BCUT2D eigenvalue weighted by molar-refractivity contribution is 4.94. The van der Waals surface area contributed by atoms with E-state index in [1.54, 1.807) is 0 Å². The highest BCUT2D eigenvalue weighted by Gasteiger charge is 2.35. The molecule has 1 heterocycles. The van der Waals surface area contributed by atoms with Gasteiger partial charge in [0.25, 0.3) is 0 Å². The predicted molar refractivity (Wildman–Crippen MR) is 81.4 cm³/mol. The van der Waals surface area contributed by atoms with Crippen LogP contribution in [0, 0.1) is 5.92 Å². The quantitative estimate of drug-likeness (QED) is 0.784. The van der Waals surface area contributed by atoms with E-state index >= 15 is 0 Å². The molecule has 3 unspecified atom stereocenters. The van der Waals surface area contributed by atoms with E-state index in [-0.39, 0.29) is 0 Å². The van der Waals surface area contributed by atoms with Crippen molar-refractivity contribution in [1.29, 1.82) is 0 Å². The molecule has 3 fully saturated rings. The largest absolute Gasteiger partial charge is 0.310 e. The SMILES string of the molecule is CN(CC1CC2CCCCC2N1)C1CCCCCC1. The van der Waals surface area contributed by atoms with Gasteiger partial charge in [-0.25, -0.2) is 0 Å². The number of nitrogens with one attached hydrogen (secondary N) is 1. The van der Waals surface area contributed by atoms with Crippen molar-refractivity contribution >= 4 is 0 Å². The topological polar surface area (TPSA) is 15.3 Å². The fourth-order valence-electron chi connectivity index (χ4n) is 4.77. The van der Waals surface area contributed by atoms with Crippen molar-refractivity contribution in [3.63, 3.8) is 0 Å². The van der Waals surface area contributed by atoms with Crippen molar-refractivity contribution in [3.05, 3.63) is 0 Å². The molecule has 0 amide bonds. The van der Waals surface area contributed by atoms with Gasteiger partial charge >= 0.3 is 0 Å². The second-order valence-corrected chi connectivity index (χ2v) is 7.34. The first-order valence-corrected chi connectivity index (χ1v) is 8.79. The van der Waals surface area contributed by atoms with E-state index in [1.807, 2.05) is 0 Å². The second-order valence-electron chi connectivity index (χ2n) is 7.34. The monoisotopic (exact) mass is 264 g/mol. The standard InChI is InChI=1S/C17H32N2/c1-19(16-9-4-2-3-5-10-16)13-15-12-14-8-6-7-11-17(14)18-15/h14-18H,2-13H2,1H3. The molecule has 0 radical (unpaired) electrons. The lowest BCUT2D eigenvalue weighted by molar-refractivity contribution is 0.201. The third kappa shape index (κ3) is 3.52. The van der Waals surface area contributed by atoms with Gasteiger partial charge in [-0.15, -0.1) is 0 Å². The van der Waals surface area contributed by atoms with Crippen LogP contribution in [0.1, 0.15) is 70.6 Å². The molecule has 2 saturated carbocycles. The summed E-state index contributed by atoms with van der Waals surface area (Å²) in [5.41, 5.74) is 0. The lowest BCUT2D eigenvalue weighted by Crippen LogP contribution is -2.42. The van der Waals surface area contributed by atoms with Crippen molar-refractivity contribution in [2.45, 2.75) is 88.8 Å².